The van der Waals surface area contributed by atoms with Gasteiger partial charge < -0.3 is 15.7 Å². The lowest BCUT2D eigenvalue weighted by Gasteiger charge is -2.16. The van der Waals surface area contributed by atoms with Gasteiger partial charge in [0.15, 0.2) is 0 Å². The molecule has 0 spiro atoms. The highest BCUT2D eigenvalue weighted by Crippen LogP contribution is 2.09. The SMILES string of the molecule is CC(C)C[C@@H](NC(=O)Nc1cccc(F)c1)C(=O)O. The lowest BCUT2D eigenvalue weighted by Crippen LogP contribution is -2.43. The Morgan fingerprint density at radius 1 is 1.37 bits per heavy atom. The van der Waals surface area contributed by atoms with E-state index in [1.807, 2.05) is 13.8 Å². The van der Waals surface area contributed by atoms with Gasteiger partial charge in [-0.3, -0.25) is 0 Å². The van der Waals surface area contributed by atoms with Gasteiger partial charge in [-0.25, -0.2) is 14.0 Å². The average Bonchev–Trinajstić information content (AvgIpc) is 2.27. The predicted octanol–water partition coefficient (Wildman–Crippen LogP) is 2.45. The van der Waals surface area contributed by atoms with Crippen LogP contribution in [0.1, 0.15) is 20.3 Å². The summed E-state index contributed by atoms with van der Waals surface area (Å²) in [5.74, 6) is -1.44. The van der Waals surface area contributed by atoms with Crippen LogP contribution in [0.5, 0.6) is 0 Å². The lowest BCUT2D eigenvalue weighted by atomic mass is 10.0. The zero-order valence-corrected chi connectivity index (χ0v) is 10.8. The number of carbonyl (C=O) groups is 2. The van der Waals surface area contributed by atoms with Crippen LogP contribution in [0.3, 0.4) is 0 Å². The fourth-order valence-corrected chi connectivity index (χ4v) is 1.58. The van der Waals surface area contributed by atoms with Crippen LogP contribution < -0.4 is 10.6 Å². The summed E-state index contributed by atoms with van der Waals surface area (Å²) < 4.78 is 12.9. The molecule has 0 aliphatic heterocycles. The molecule has 0 aromatic heterocycles. The van der Waals surface area contributed by atoms with E-state index in [-0.39, 0.29) is 11.6 Å². The summed E-state index contributed by atoms with van der Waals surface area (Å²) in [5, 5.41) is 13.7. The van der Waals surface area contributed by atoms with E-state index in [0.29, 0.717) is 6.42 Å². The molecule has 1 rings (SSSR count). The smallest absolute Gasteiger partial charge is 0.326 e. The number of carboxylic acid groups (broad SMARTS) is 1. The van der Waals surface area contributed by atoms with Crippen molar-refractivity contribution in [1.29, 1.82) is 0 Å². The van der Waals surface area contributed by atoms with Crippen molar-refractivity contribution in [2.75, 3.05) is 5.32 Å². The highest BCUT2D eigenvalue weighted by Gasteiger charge is 2.20. The third kappa shape index (κ3) is 5.37. The van der Waals surface area contributed by atoms with Crippen LogP contribution in [0.2, 0.25) is 0 Å². The van der Waals surface area contributed by atoms with E-state index in [0.717, 1.165) is 6.07 Å². The van der Waals surface area contributed by atoms with Crippen molar-refractivity contribution in [2.24, 2.45) is 5.92 Å². The fraction of sp³-hybridized carbons (Fsp3) is 0.385. The molecule has 0 saturated carbocycles. The molecule has 1 aromatic carbocycles. The van der Waals surface area contributed by atoms with Gasteiger partial charge in [0, 0.05) is 5.69 Å². The molecule has 2 amide bonds. The first-order valence-corrected chi connectivity index (χ1v) is 5.94. The predicted molar refractivity (Wildman–Crippen MR) is 69.4 cm³/mol. The molecule has 104 valence electrons. The van der Waals surface area contributed by atoms with Crippen LogP contribution in [-0.4, -0.2) is 23.1 Å². The second-order valence-corrected chi connectivity index (χ2v) is 4.63. The van der Waals surface area contributed by atoms with Gasteiger partial charge in [-0.2, -0.15) is 0 Å². The minimum atomic E-state index is -1.09. The molecule has 3 N–H and O–H groups in total. The minimum absolute atomic E-state index is 0.135. The highest BCUT2D eigenvalue weighted by atomic mass is 19.1. The number of benzene rings is 1. The molecule has 0 aliphatic carbocycles. The van der Waals surface area contributed by atoms with E-state index in [2.05, 4.69) is 10.6 Å². The third-order valence-electron chi connectivity index (χ3n) is 2.39. The monoisotopic (exact) mass is 268 g/mol. The van der Waals surface area contributed by atoms with Crippen LogP contribution >= 0.6 is 0 Å². The maximum atomic E-state index is 12.9. The van der Waals surface area contributed by atoms with Crippen molar-refractivity contribution in [2.45, 2.75) is 26.3 Å². The van der Waals surface area contributed by atoms with Crippen molar-refractivity contribution >= 4 is 17.7 Å². The number of rotatable bonds is 5. The number of aliphatic carboxylic acids is 1. The molecule has 5 nitrogen and oxygen atoms in total. The number of halogens is 1. The van der Waals surface area contributed by atoms with Gasteiger partial charge >= 0.3 is 12.0 Å². The zero-order chi connectivity index (χ0) is 14.4. The van der Waals surface area contributed by atoms with Crippen LogP contribution in [0, 0.1) is 11.7 Å². The number of nitrogens with one attached hydrogen (secondary N) is 2. The largest absolute Gasteiger partial charge is 0.480 e. The number of urea groups is 1. The van der Waals surface area contributed by atoms with Crippen molar-refractivity contribution in [3.8, 4) is 0 Å². The van der Waals surface area contributed by atoms with Crippen LogP contribution in [0.15, 0.2) is 24.3 Å². The molecule has 1 aromatic rings. The Morgan fingerprint density at radius 2 is 2.05 bits per heavy atom. The molecule has 0 aliphatic rings. The Morgan fingerprint density at radius 3 is 2.58 bits per heavy atom. The molecule has 0 heterocycles. The molecule has 19 heavy (non-hydrogen) atoms. The van der Waals surface area contributed by atoms with Crippen molar-refractivity contribution in [3.63, 3.8) is 0 Å². The van der Waals surface area contributed by atoms with Gasteiger partial charge in [-0.05, 0) is 30.5 Å². The topological polar surface area (TPSA) is 78.4 Å². The van der Waals surface area contributed by atoms with Crippen LogP contribution in [-0.2, 0) is 4.79 Å². The van der Waals surface area contributed by atoms with Crippen molar-refractivity contribution in [3.05, 3.63) is 30.1 Å². The molecule has 0 fully saturated rings. The van der Waals surface area contributed by atoms with Crippen molar-refractivity contribution in [1.82, 2.24) is 5.32 Å². The summed E-state index contributed by atoms with van der Waals surface area (Å²) in [6, 6.07) is 3.74. The molecule has 6 heteroatoms. The van der Waals surface area contributed by atoms with Gasteiger partial charge in [0.2, 0.25) is 0 Å². The summed E-state index contributed by atoms with van der Waals surface area (Å²) in [7, 11) is 0. The first-order chi connectivity index (χ1) is 8.88. The average molecular weight is 268 g/mol. The Kier molecular flexibility index (Phi) is 5.29. The first-order valence-electron chi connectivity index (χ1n) is 5.94. The molecular formula is C13H17FN2O3. The maximum Gasteiger partial charge on any atom is 0.326 e. The summed E-state index contributed by atoms with van der Waals surface area (Å²) >= 11 is 0. The van der Waals surface area contributed by atoms with E-state index >= 15 is 0 Å². The molecule has 0 unspecified atom stereocenters. The van der Waals surface area contributed by atoms with Gasteiger partial charge in [-0.15, -0.1) is 0 Å². The first kappa shape index (κ1) is 14.9. The third-order valence-corrected chi connectivity index (χ3v) is 2.39. The van der Waals surface area contributed by atoms with E-state index in [4.69, 9.17) is 5.11 Å². The Balaban J connectivity index is 2.60. The molecule has 0 saturated heterocycles. The van der Waals surface area contributed by atoms with E-state index in [1.165, 1.54) is 18.2 Å². The molecule has 0 radical (unpaired) electrons. The number of amides is 2. The summed E-state index contributed by atoms with van der Waals surface area (Å²) in [4.78, 5) is 22.6. The van der Waals surface area contributed by atoms with E-state index < -0.39 is 23.9 Å². The molecule has 0 bridgehead atoms. The second-order valence-electron chi connectivity index (χ2n) is 4.63. The van der Waals surface area contributed by atoms with Gasteiger partial charge in [-0.1, -0.05) is 19.9 Å². The maximum absolute atomic E-state index is 12.9. The number of anilines is 1. The summed E-state index contributed by atoms with van der Waals surface area (Å²) in [5.41, 5.74) is 0.270. The molecule has 1 atom stereocenters. The van der Waals surface area contributed by atoms with Gasteiger partial charge in [0.25, 0.3) is 0 Å². The zero-order valence-electron chi connectivity index (χ0n) is 10.8. The Bertz CT molecular complexity index is 463. The van der Waals surface area contributed by atoms with E-state index in [9.17, 15) is 14.0 Å². The summed E-state index contributed by atoms with van der Waals surface area (Å²) in [6.07, 6.45) is 0.325. The summed E-state index contributed by atoms with van der Waals surface area (Å²) in [6.45, 7) is 3.73. The Hall–Kier alpha value is -2.11. The fourth-order valence-electron chi connectivity index (χ4n) is 1.58. The van der Waals surface area contributed by atoms with Gasteiger partial charge in [0.05, 0.1) is 0 Å². The second kappa shape index (κ2) is 6.72. The minimum Gasteiger partial charge on any atom is -0.480 e. The van der Waals surface area contributed by atoms with Crippen molar-refractivity contribution < 1.29 is 19.1 Å². The molecular weight excluding hydrogens is 251 g/mol. The number of carbonyl (C=O) groups excluding carboxylic acids is 1. The normalized spacial score (nSPS) is 12.0. The lowest BCUT2D eigenvalue weighted by molar-refractivity contribution is -0.139. The standard InChI is InChI=1S/C13H17FN2O3/c1-8(2)6-11(12(17)18)16-13(19)15-10-5-3-4-9(14)7-10/h3-5,7-8,11H,6H2,1-2H3,(H,17,18)(H2,15,16,19)/t11-/m1/s1. The highest BCUT2D eigenvalue weighted by molar-refractivity contribution is 5.92. The Labute approximate surface area is 110 Å². The van der Waals surface area contributed by atoms with Gasteiger partial charge in [0.1, 0.15) is 11.9 Å². The van der Waals surface area contributed by atoms with Crippen LogP contribution in [0.25, 0.3) is 0 Å². The number of carboxylic acids is 1. The van der Waals surface area contributed by atoms with E-state index in [1.54, 1.807) is 0 Å². The quantitative estimate of drug-likeness (QED) is 0.767. The number of hydrogen-bond acceptors (Lipinski definition) is 2. The number of hydrogen-bond donors (Lipinski definition) is 3. The van der Waals surface area contributed by atoms with Crippen LogP contribution in [0.4, 0.5) is 14.9 Å².